The molecule has 27 heavy (non-hydrogen) atoms. The zero-order valence-corrected chi connectivity index (χ0v) is 16.0. The Morgan fingerprint density at radius 3 is 3.00 bits per heavy atom. The zero-order valence-electron chi connectivity index (χ0n) is 16.0. The van der Waals surface area contributed by atoms with Crippen LogP contribution in [0.4, 0.5) is 0 Å². The standard InChI is InChI=1S/C23H28N2O2/c1-3-7-22(26)27-23(19-10-12-24-20-9-6-5-8-18(19)20)21-14-17-11-13-25(21)15-16(17)4-2/h4-6,8-10,12,16-17,21,23H,2-3,7,11,13-15H2,1H3/t16-,17+,21+,23-/m1/s1. The van der Waals surface area contributed by atoms with E-state index in [1.165, 1.54) is 6.42 Å². The smallest absolute Gasteiger partial charge is 0.306 e. The minimum absolute atomic E-state index is 0.105. The summed E-state index contributed by atoms with van der Waals surface area (Å²) in [5.41, 5.74) is 2.03. The van der Waals surface area contributed by atoms with Gasteiger partial charge in [-0.3, -0.25) is 14.7 Å². The van der Waals surface area contributed by atoms with Crippen LogP contribution in [0.15, 0.2) is 49.2 Å². The number of esters is 1. The van der Waals surface area contributed by atoms with Crippen LogP contribution in [0.5, 0.6) is 0 Å². The van der Waals surface area contributed by atoms with E-state index in [1.54, 1.807) is 0 Å². The van der Waals surface area contributed by atoms with Crippen LogP contribution in [-0.2, 0) is 9.53 Å². The molecule has 0 radical (unpaired) electrons. The van der Waals surface area contributed by atoms with E-state index in [1.807, 2.05) is 37.4 Å². The molecule has 3 saturated heterocycles. The van der Waals surface area contributed by atoms with Gasteiger partial charge in [-0.05, 0) is 49.8 Å². The second kappa shape index (κ2) is 7.81. The van der Waals surface area contributed by atoms with Gasteiger partial charge in [-0.1, -0.05) is 31.2 Å². The number of carbonyl (C=O) groups is 1. The Balaban J connectivity index is 1.71. The molecule has 4 nitrogen and oxygen atoms in total. The Morgan fingerprint density at radius 1 is 1.41 bits per heavy atom. The highest BCUT2D eigenvalue weighted by atomic mass is 16.5. The number of nitrogens with zero attached hydrogens (tertiary/aromatic N) is 2. The Hall–Kier alpha value is -2.20. The SMILES string of the molecule is C=C[C@@H]1CN2CC[C@H]1C[C@H]2[C@H](OC(=O)CCC)c1ccnc2ccccc12. The van der Waals surface area contributed by atoms with Gasteiger partial charge in [0.2, 0.25) is 0 Å². The van der Waals surface area contributed by atoms with E-state index in [9.17, 15) is 4.79 Å². The predicted molar refractivity (Wildman–Crippen MR) is 107 cm³/mol. The summed E-state index contributed by atoms with van der Waals surface area (Å²) in [6, 6.07) is 10.4. The summed E-state index contributed by atoms with van der Waals surface area (Å²) < 4.78 is 6.11. The summed E-state index contributed by atoms with van der Waals surface area (Å²) in [6.45, 7) is 8.13. The second-order valence-corrected chi connectivity index (χ2v) is 7.82. The van der Waals surface area contributed by atoms with Gasteiger partial charge in [0, 0.05) is 30.1 Å². The highest BCUT2D eigenvalue weighted by Gasteiger charge is 2.44. The van der Waals surface area contributed by atoms with Gasteiger partial charge in [0.15, 0.2) is 0 Å². The van der Waals surface area contributed by atoms with Crippen molar-refractivity contribution in [2.24, 2.45) is 11.8 Å². The van der Waals surface area contributed by atoms with Gasteiger partial charge < -0.3 is 4.74 Å². The lowest BCUT2D eigenvalue weighted by Gasteiger charge is -2.51. The lowest BCUT2D eigenvalue weighted by Crippen LogP contribution is -2.55. The van der Waals surface area contributed by atoms with Gasteiger partial charge in [-0.15, -0.1) is 6.58 Å². The van der Waals surface area contributed by atoms with Crippen molar-refractivity contribution in [1.29, 1.82) is 0 Å². The largest absolute Gasteiger partial charge is 0.456 e. The fourth-order valence-electron chi connectivity index (χ4n) is 4.81. The third-order valence-electron chi connectivity index (χ3n) is 6.21. The van der Waals surface area contributed by atoms with Crippen molar-refractivity contribution < 1.29 is 9.53 Å². The van der Waals surface area contributed by atoms with Gasteiger partial charge in [0.1, 0.15) is 6.10 Å². The van der Waals surface area contributed by atoms with Crippen LogP contribution in [-0.4, -0.2) is 35.0 Å². The Labute approximate surface area is 161 Å². The fourth-order valence-corrected chi connectivity index (χ4v) is 4.81. The molecule has 3 aliphatic heterocycles. The average Bonchev–Trinajstić information content (AvgIpc) is 2.72. The van der Waals surface area contributed by atoms with Crippen molar-refractivity contribution in [3.8, 4) is 0 Å². The summed E-state index contributed by atoms with van der Waals surface area (Å²) in [5, 5.41) is 1.08. The minimum Gasteiger partial charge on any atom is -0.456 e. The highest BCUT2D eigenvalue weighted by Crippen LogP contribution is 2.43. The molecule has 0 N–H and O–H groups in total. The van der Waals surface area contributed by atoms with Gasteiger partial charge in [0.05, 0.1) is 11.6 Å². The molecule has 0 spiro atoms. The predicted octanol–water partition coefficient (Wildman–Crippen LogP) is 4.52. The Kier molecular flexibility index (Phi) is 5.26. The number of pyridine rings is 1. The molecule has 1 unspecified atom stereocenters. The van der Waals surface area contributed by atoms with Crippen molar-refractivity contribution >= 4 is 16.9 Å². The molecule has 0 aliphatic carbocycles. The molecule has 5 rings (SSSR count). The first kappa shape index (κ1) is 18.2. The summed E-state index contributed by atoms with van der Waals surface area (Å²) in [7, 11) is 0. The van der Waals surface area contributed by atoms with Crippen LogP contribution >= 0.6 is 0 Å². The van der Waals surface area contributed by atoms with E-state index in [0.717, 1.165) is 42.4 Å². The number of hydrogen-bond acceptors (Lipinski definition) is 4. The molecule has 1 aromatic heterocycles. The van der Waals surface area contributed by atoms with Gasteiger partial charge in [0.25, 0.3) is 0 Å². The van der Waals surface area contributed by atoms with E-state index in [0.29, 0.717) is 18.3 Å². The normalized spacial score (nSPS) is 28.0. The van der Waals surface area contributed by atoms with E-state index < -0.39 is 0 Å². The molecule has 4 heteroatoms. The van der Waals surface area contributed by atoms with Crippen molar-refractivity contribution in [2.45, 2.75) is 44.8 Å². The quantitative estimate of drug-likeness (QED) is 0.558. The number of rotatable bonds is 6. The number of aromatic nitrogens is 1. The van der Waals surface area contributed by atoms with Crippen LogP contribution in [0.2, 0.25) is 0 Å². The van der Waals surface area contributed by atoms with E-state index in [4.69, 9.17) is 4.74 Å². The van der Waals surface area contributed by atoms with Crippen molar-refractivity contribution in [2.75, 3.05) is 13.1 Å². The minimum atomic E-state index is -0.245. The lowest BCUT2D eigenvalue weighted by molar-refractivity contribution is -0.157. The molecule has 142 valence electrons. The average molecular weight is 364 g/mol. The van der Waals surface area contributed by atoms with Gasteiger partial charge in [-0.2, -0.15) is 0 Å². The van der Waals surface area contributed by atoms with Crippen LogP contribution in [0, 0.1) is 11.8 Å². The van der Waals surface area contributed by atoms with Crippen LogP contribution in [0.3, 0.4) is 0 Å². The maximum Gasteiger partial charge on any atom is 0.306 e. The molecule has 0 saturated carbocycles. The number of piperidine rings is 3. The summed E-state index contributed by atoms with van der Waals surface area (Å²) in [5.74, 6) is 1.08. The topological polar surface area (TPSA) is 42.4 Å². The van der Waals surface area contributed by atoms with Crippen molar-refractivity contribution in [1.82, 2.24) is 9.88 Å². The van der Waals surface area contributed by atoms with E-state index >= 15 is 0 Å². The number of carbonyl (C=O) groups excluding carboxylic acids is 1. The fraction of sp³-hybridized carbons (Fsp3) is 0.478. The number of benzene rings is 1. The second-order valence-electron chi connectivity index (χ2n) is 7.82. The maximum atomic E-state index is 12.5. The number of fused-ring (bicyclic) bond motifs is 4. The molecule has 1 aromatic carbocycles. The first-order valence-electron chi connectivity index (χ1n) is 10.1. The molecule has 2 aromatic rings. The summed E-state index contributed by atoms with van der Waals surface area (Å²) >= 11 is 0. The van der Waals surface area contributed by atoms with Gasteiger partial charge >= 0.3 is 5.97 Å². The summed E-state index contributed by atoms with van der Waals surface area (Å²) in [4.78, 5) is 19.5. The third kappa shape index (κ3) is 3.51. The van der Waals surface area contributed by atoms with Crippen LogP contribution in [0.25, 0.3) is 10.9 Å². The van der Waals surface area contributed by atoms with Crippen molar-refractivity contribution in [3.05, 3.63) is 54.7 Å². The van der Waals surface area contributed by atoms with E-state index in [-0.39, 0.29) is 18.1 Å². The number of para-hydroxylation sites is 1. The van der Waals surface area contributed by atoms with Crippen LogP contribution in [0.1, 0.15) is 44.3 Å². The highest BCUT2D eigenvalue weighted by molar-refractivity contribution is 5.82. The zero-order chi connectivity index (χ0) is 18.8. The molecule has 2 bridgehead atoms. The first-order chi connectivity index (χ1) is 13.2. The van der Waals surface area contributed by atoms with Crippen LogP contribution < -0.4 is 0 Å². The van der Waals surface area contributed by atoms with Gasteiger partial charge in [-0.25, -0.2) is 0 Å². The number of ether oxygens (including phenoxy) is 1. The van der Waals surface area contributed by atoms with E-state index in [2.05, 4.69) is 28.6 Å². The molecule has 3 aliphatic rings. The first-order valence-corrected chi connectivity index (χ1v) is 10.1. The molecular weight excluding hydrogens is 336 g/mol. The maximum absolute atomic E-state index is 12.5. The Morgan fingerprint density at radius 2 is 2.26 bits per heavy atom. The Bertz CT molecular complexity index is 829. The molecule has 0 amide bonds. The molecule has 4 heterocycles. The summed E-state index contributed by atoms with van der Waals surface area (Å²) in [6.07, 6.45) is 7.22. The molecule has 3 fully saturated rings. The lowest BCUT2D eigenvalue weighted by atomic mass is 9.73. The monoisotopic (exact) mass is 364 g/mol. The number of hydrogen-bond donors (Lipinski definition) is 0. The molecular formula is C23H28N2O2. The van der Waals surface area contributed by atoms with Crippen molar-refractivity contribution in [3.63, 3.8) is 0 Å². The third-order valence-corrected chi connectivity index (χ3v) is 6.21. The molecule has 5 atom stereocenters.